The van der Waals surface area contributed by atoms with E-state index >= 15 is 0 Å². The molecular formula is C22H22ClF2N3O3S. The van der Waals surface area contributed by atoms with Crippen molar-refractivity contribution >= 4 is 40.2 Å². The fourth-order valence-corrected chi connectivity index (χ4v) is 4.09. The third kappa shape index (κ3) is 5.65. The van der Waals surface area contributed by atoms with Gasteiger partial charge in [0, 0.05) is 30.8 Å². The van der Waals surface area contributed by atoms with Gasteiger partial charge in [-0.05, 0) is 50.6 Å². The Morgan fingerprint density at radius 2 is 2.06 bits per heavy atom. The SMILES string of the molecule is CCOCCCNC(=O)C(C)Sc1nc2ccc(Cl)cc2c(=O)n1-c1ccc(F)cc1F. The normalized spacial score (nSPS) is 12.2. The van der Waals surface area contributed by atoms with E-state index in [4.69, 9.17) is 16.3 Å². The van der Waals surface area contributed by atoms with Crippen molar-refractivity contribution in [2.45, 2.75) is 30.7 Å². The number of hydrogen-bond donors (Lipinski definition) is 1. The lowest BCUT2D eigenvalue weighted by Crippen LogP contribution is -2.33. The highest BCUT2D eigenvalue weighted by atomic mass is 35.5. The Bertz CT molecular complexity index is 1190. The summed E-state index contributed by atoms with van der Waals surface area (Å²) in [6, 6.07) is 7.50. The monoisotopic (exact) mass is 481 g/mol. The molecule has 0 bridgehead atoms. The molecule has 1 heterocycles. The molecule has 170 valence electrons. The molecule has 0 saturated heterocycles. The third-order valence-corrected chi connectivity index (χ3v) is 5.86. The van der Waals surface area contributed by atoms with E-state index in [1.165, 1.54) is 6.07 Å². The van der Waals surface area contributed by atoms with Crippen molar-refractivity contribution in [1.29, 1.82) is 0 Å². The first-order chi connectivity index (χ1) is 15.3. The van der Waals surface area contributed by atoms with Crippen molar-refractivity contribution in [2.75, 3.05) is 19.8 Å². The fraction of sp³-hybridized carbons (Fsp3) is 0.318. The van der Waals surface area contributed by atoms with Crippen LogP contribution in [0, 0.1) is 11.6 Å². The average molecular weight is 482 g/mol. The summed E-state index contributed by atoms with van der Waals surface area (Å²) in [6.45, 7) is 5.14. The number of hydrogen-bond acceptors (Lipinski definition) is 5. The van der Waals surface area contributed by atoms with Crippen molar-refractivity contribution in [3.63, 3.8) is 0 Å². The van der Waals surface area contributed by atoms with Crippen LogP contribution in [0.5, 0.6) is 0 Å². The summed E-state index contributed by atoms with van der Waals surface area (Å²) in [6.07, 6.45) is 0.664. The topological polar surface area (TPSA) is 73.2 Å². The number of carbonyl (C=O) groups excluding carboxylic acids is 1. The fourth-order valence-electron chi connectivity index (χ4n) is 2.98. The molecule has 2 aromatic carbocycles. The van der Waals surface area contributed by atoms with Crippen LogP contribution in [0.4, 0.5) is 8.78 Å². The van der Waals surface area contributed by atoms with Gasteiger partial charge >= 0.3 is 0 Å². The van der Waals surface area contributed by atoms with Crippen LogP contribution in [0.1, 0.15) is 20.3 Å². The first-order valence-electron chi connectivity index (χ1n) is 10.0. The summed E-state index contributed by atoms with van der Waals surface area (Å²) < 4.78 is 34.3. The highest BCUT2D eigenvalue weighted by Crippen LogP contribution is 2.27. The molecule has 3 aromatic rings. The summed E-state index contributed by atoms with van der Waals surface area (Å²) >= 11 is 7.02. The molecule has 1 atom stereocenters. The molecule has 0 fully saturated rings. The van der Waals surface area contributed by atoms with Gasteiger partial charge in [0.05, 0.1) is 21.8 Å². The zero-order valence-electron chi connectivity index (χ0n) is 17.5. The van der Waals surface area contributed by atoms with Gasteiger partial charge in [-0.3, -0.25) is 14.2 Å². The number of amides is 1. The van der Waals surface area contributed by atoms with E-state index in [0.717, 1.165) is 28.5 Å². The lowest BCUT2D eigenvalue weighted by atomic mass is 10.2. The number of rotatable bonds is 9. The van der Waals surface area contributed by atoms with Gasteiger partial charge in [0.15, 0.2) is 5.16 Å². The molecule has 0 saturated carbocycles. The van der Waals surface area contributed by atoms with Crippen LogP contribution in [0.15, 0.2) is 46.3 Å². The van der Waals surface area contributed by atoms with Gasteiger partial charge in [-0.1, -0.05) is 23.4 Å². The smallest absolute Gasteiger partial charge is 0.266 e. The Labute approximate surface area is 192 Å². The molecule has 1 amide bonds. The number of nitrogens with one attached hydrogen (secondary N) is 1. The van der Waals surface area contributed by atoms with E-state index in [0.29, 0.717) is 42.8 Å². The first-order valence-corrected chi connectivity index (χ1v) is 11.3. The van der Waals surface area contributed by atoms with Gasteiger partial charge in [0.25, 0.3) is 5.56 Å². The minimum Gasteiger partial charge on any atom is -0.382 e. The minimum atomic E-state index is -0.926. The van der Waals surface area contributed by atoms with Gasteiger partial charge in [-0.15, -0.1) is 0 Å². The van der Waals surface area contributed by atoms with E-state index in [2.05, 4.69) is 10.3 Å². The molecule has 0 spiro atoms. The molecule has 6 nitrogen and oxygen atoms in total. The van der Waals surface area contributed by atoms with Crippen molar-refractivity contribution in [3.05, 3.63) is 63.4 Å². The standard InChI is InChI=1S/C22H22ClF2N3O3S/c1-3-31-10-4-9-26-20(29)13(2)32-22-27-18-7-5-14(23)11-16(18)21(30)28(22)19-8-6-15(24)12-17(19)25/h5-8,11-13H,3-4,9-10H2,1-2H3,(H,26,29). The number of carbonyl (C=O) groups is 1. The summed E-state index contributed by atoms with van der Waals surface area (Å²) in [5, 5.41) is 2.78. The van der Waals surface area contributed by atoms with Gasteiger partial charge < -0.3 is 10.1 Å². The molecule has 0 aliphatic heterocycles. The molecule has 3 rings (SSSR count). The number of ether oxygens (including phenoxy) is 1. The number of aromatic nitrogens is 2. The quantitative estimate of drug-likeness (QED) is 0.279. The second-order valence-corrected chi connectivity index (χ2v) is 8.64. The number of halogens is 3. The lowest BCUT2D eigenvalue weighted by molar-refractivity contribution is -0.120. The van der Waals surface area contributed by atoms with Crippen molar-refractivity contribution in [1.82, 2.24) is 14.9 Å². The largest absolute Gasteiger partial charge is 0.382 e. The second kappa shape index (κ2) is 10.9. The van der Waals surface area contributed by atoms with Crippen molar-refractivity contribution in [3.8, 4) is 5.69 Å². The van der Waals surface area contributed by atoms with Gasteiger partial charge in [0.1, 0.15) is 11.6 Å². The predicted molar refractivity (Wildman–Crippen MR) is 122 cm³/mol. The maximum atomic E-state index is 14.6. The Kier molecular flexibility index (Phi) is 8.22. The van der Waals surface area contributed by atoms with Gasteiger partial charge in [0.2, 0.25) is 5.91 Å². The van der Waals surface area contributed by atoms with Crippen LogP contribution in [0.3, 0.4) is 0 Å². The molecule has 1 aromatic heterocycles. The van der Waals surface area contributed by atoms with Gasteiger partial charge in [-0.25, -0.2) is 13.8 Å². The van der Waals surface area contributed by atoms with Crippen LogP contribution < -0.4 is 10.9 Å². The highest BCUT2D eigenvalue weighted by Gasteiger charge is 2.22. The van der Waals surface area contributed by atoms with Crippen LogP contribution in [0.2, 0.25) is 5.02 Å². The van der Waals surface area contributed by atoms with Crippen molar-refractivity contribution in [2.24, 2.45) is 0 Å². The Morgan fingerprint density at radius 1 is 1.28 bits per heavy atom. The van der Waals surface area contributed by atoms with E-state index in [-0.39, 0.29) is 22.1 Å². The van der Waals surface area contributed by atoms with Gasteiger partial charge in [-0.2, -0.15) is 0 Å². The van der Waals surface area contributed by atoms with E-state index < -0.39 is 22.4 Å². The van der Waals surface area contributed by atoms with Crippen LogP contribution in [-0.2, 0) is 9.53 Å². The predicted octanol–water partition coefficient (Wildman–Crippen LogP) is 4.34. The summed E-state index contributed by atoms with van der Waals surface area (Å²) in [5.41, 5.74) is -0.391. The molecular weight excluding hydrogens is 460 g/mol. The second-order valence-electron chi connectivity index (χ2n) is 6.89. The highest BCUT2D eigenvalue weighted by molar-refractivity contribution is 8.00. The molecule has 32 heavy (non-hydrogen) atoms. The third-order valence-electron chi connectivity index (χ3n) is 4.57. The van der Waals surface area contributed by atoms with Crippen LogP contribution in [0.25, 0.3) is 16.6 Å². The molecule has 0 aliphatic carbocycles. The average Bonchev–Trinajstić information content (AvgIpc) is 2.75. The molecule has 1 unspecified atom stereocenters. The minimum absolute atomic E-state index is 0.104. The maximum Gasteiger partial charge on any atom is 0.266 e. The number of fused-ring (bicyclic) bond motifs is 1. The van der Waals surface area contributed by atoms with Crippen LogP contribution in [-0.4, -0.2) is 40.5 Å². The number of benzene rings is 2. The lowest BCUT2D eigenvalue weighted by Gasteiger charge is -2.17. The summed E-state index contributed by atoms with van der Waals surface area (Å²) in [7, 11) is 0. The van der Waals surface area contributed by atoms with Crippen LogP contribution >= 0.6 is 23.4 Å². The molecule has 1 N–H and O–H groups in total. The maximum absolute atomic E-state index is 14.6. The van der Waals surface area contributed by atoms with E-state index in [1.807, 2.05) is 6.92 Å². The summed E-state index contributed by atoms with van der Waals surface area (Å²) in [4.78, 5) is 30.2. The number of thioether (sulfide) groups is 1. The molecule has 10 heteroatoms. The molecule has 0 aliphatic rings. The zero-order valence-corrected chi connectivity index (χ0v) is 19.1. The van der Waals surface area contributed by atoms with E-state index in [1.54, 1.807) is 19.1 Å². The number of nitrogens with zero attached hydrogens (tertiary/aromatic N) is 2. The van der Waals surface area contributed by atoms with E-state index in [9.17, 15) is 18.4 Å². The first kappa shape index (κ1) is 24.2. The Balaban J connectivity index is 1.97. The Hall–Kier alpha value is -2.49. The van der Waals surface area contributed by atoms with Crippen molar-refractivity contribution < 1.29 is 18.3 Å². The summed E-state index contributed by atoms with van der Waals surface area (Å²) in [5.74, 6) is -1.96. The molecule has 0 radical (unpaired) electrons. The Morgan fingerprint density at radius 3 is 2.78 bits per heavy atom. The zero-order chi connectivity index (χ0) is 23.3.